The fourth-order valence-corrected chi connectivity index (χ4v) is 4.32. The third-order valence-electron chi connectivity index (χ3n) is 5.35. The molecule has 1 aromatic heterocycles. The molecule has 33 heavy (non-hydrogen) atoms. The summed E-state index contributed by atoms with van der Waals surface area (Å²) in [4.78, 5) is 15.2. The van der Waals surface area contributed by atoms with Crippen molar-refractivity contribution in [3.8, 4) is 11.1 Å². The molecule has 1 heterocycles. The van der Waals surface area contributed by atoms with E-state index in [0.717, 1.165) is 4.57 Å². The van der Waals surface area contributed by atoms with Crippen LogP contribution in [-0.2, 0) is 12.7 Å². The Labute approximate surface area is 197 Å². The molecule has 7 heteroatoms. The number of rotatable bonds is 5. The molecule has 0 aliphatic rings. The lowest BCUT2D eigenvalue weighted by atomic mass is 9.95. The highest BCUT2D eigenvalue weighted by molar-refractivity contribution is 6.30. The molecule has 0 fully saturated rings. The van der Waals surface area contributed by atoms with Gasteiger partial charge in [-0.15, -0.1) is 0 Å². The van der Waals surface area contributed by atoms with Crippen LogP contribution in [0.25, 0.3) is 11.1 Å². The number of benzene rings is 2. The van der Waals surface area contributed by atoms with Crippen LogP contribution in [0.3, 0.4) is 0 Å². The van der Waals surface area contributed by atoms with Crippen LogP contribution in [-0.4, -0.2) is 29.0 Å². The molecular formula is C26H28ClF3N2O. The molecular weight excluding hydrogens is 449 g/mol. The fourth-order valence-electron chi connectivity index (χ4n) is 4.19. The summed E-state index contributed by atoms with van der Waals surface area (Å²) in [5, 5.41) is 0.467. The highest BCUT2D eigenvalue weighted by Crippen LogP contribution is 2.42. The van der Waals surface area contributed by atoms with Gasteiger partial charge in [0.1, 0.15) is 11.4 Å². The van der Waals surface area contributed by atoms with E-state index in [4.69, 9.17) is 11.6 Å². The molecule has 0 unspecified atom stereocenters. The standard InChI is InChI=1S/C26H28ClF3N2O/c1-17-21(19-11-13-20(27)14-12-19)22(24(33)31(5)16-25(2,3)4)32(23(17)26(28,29)30)15-18-9-7-6-8-10-18/h6-14H,15-16H2,1-5H3. The predicted octanol–water partition coefficient (Wildman–Crippen LogP) is 7.30. The molecule has 0 saturated carbocycles. The highest BCUT2D eigenvalue weighted by Gasteiger charge is 2.41. The summed E-state index contributed by atoms with van der Waals surface area (Å²) in [7, 11) is 1.63. The topological polar surface area (TPSA) is 25.2 Å². The minimum atomic E-state index is -4.64. The van der Waals surface area contributed by atoms with Crippen molar-refractivity contribution >= 4 is 17.5 Å². The van der Waals surface area contributed by atoms with E-state index in [1.807, 2.05) is 20.8 Å². The molecule has 0 N–H and O–H groups in total. The number of alkyl halides is 3. The van der Waals surface area contributed by atoms with Crippen LogP contribution in [0, 0.1) is 12.3 Å². The summed E-state index contributed by atoms with van der Waals surface area (Å²) < 4.78 is 44.2. The van der Waals surface area contributed by atoms with E-state index in [0.29, 0.717) is 22.7 Å². The first-order valence-corrected chi connectivity index (χ1v) is 11.0. The summed E-state index contributed by atoms with van der Waals surface area (Å²) >= 11 is 6.02. The Bertz CT molecular complexity index is 1130. The van der Waals surface area contributed by atoms with Crippen molar-refractivity contribution < 1.29 is 18.0 Å². The second-order valence-electron chi connectivity index (χ2n) is 9.50. The number of carbonyl (C=O) groups is 1. The summed E-state index contributed by atoms with van der Waals surface area (Å²) in [5.41, 5.74) is 0.481. The van der Waals surface area contributed by atoms with Crippen LogP contribution in [0.15, 0.2) is 54.6 Å². The first kappa shape index (κ1) is 24.9. The van der Waals surface area contributed by atoms with Crippen molar-refractivity contribution in [1.82, 2.24) is 9.47 Å². The maximum Gasteiger partial charge on any atom is 0.431 e. The van der Waals surface area contributed by atoms with E-state index in [2.05, 4.69) is 0 Å². The Morgan fingerprint density at radius 3 is 2.09 bits per heavy atom. The Hall–Kier alpha value is -2.73. The Morgan fingerprint density at radius 2 is 1.58 bits per heavy atom. The predicted molar refractivity (Wildman–Crippen MR) is 127 cm³/mol. The summed E-state index contributed by atoms with van der Waals surface area (Å²) in [6, 6.07) is 15.4. The van der Waals surface area contributed by atoms with Gasteiger partial charge >= 0.3 is 6.18 Å². The van der Waals surface area contributed by atoms with Crippen LogP contribution in [0.4, 0.5) is 13.2 Å². The molecule has 0 atom stereocenters. The second kappa shape index (κ2) is 9.26. The molecule has 0 radical (unpaired) electrons. The molecule has 0 aliphatic carbocycles. The number of halogens is 4. The first-order valence-electron chi connectivity index (χ1n) is 10.6. The Kier molecular flexibility index (Phi) is 6.99. The number of amides is 1. The maximum absolute atomic E-state index is 14.4. The number of carbonyl (C=O) groups excluding carboxylic acids is 1. The number of nitrogens with zero attached hydrogens (tertiary/aromatic N) is 2. The van der Waals surface area contributed by atoms with Gasteiger partial charge in [-0.2, -0.15) is 13.2 Å². The molecule has 3 nitrogen and oxygen atoms in total. The maximum atomic E-state index is 14.4. The fraction of sp³-hybridized carbons (Fsp3) is 0.346. The lowest BCUT2D eigenvalue weighted by Gasteiger charge is -2.28. The molecule has 0 aliphatic heterocycles. The van der Waals surface area contributed by atoms with Gasteiger partial charge in [-0.1, -0.05) is 74.8 Å². The monoisotopic (exact) mass is 476 g/mol. The third-order valence-corrected chi connectivity index (χ3v) is 5.60. The van der Waals surface area contributed by atoms with Crippen molar-refractivity contribution in [2.24, 2.45) is 5.41 Å². The van der Waals surface area contributed by atoms with Gasteiger partial charge in [0.25, 0.3) is 5.91 Å². The summed E-state index contributed by atoms with van der Waals surface area (Å²) in [6.45, 7) is 7.68. The molecule has 2 aromatic carbocycles. The molecule has 176 valence electrons. The van der Waals surface area contributed by atoms with Crippen LogP contribution in [0.1, 0.15) is 48.1 Å². The van der Waals surface area contributed by atoms with Crippen molar-refractivity contribution in [2.75, 3.05) is 13.6 Å². The number of hydrogen-bond acceptors (Lipinski definition) is 1. The average Bonchev–Trinajstić information content (AvgIpc) is 2.99. The van der Waals surface area contributed by atoms with E-state index in [9.17, 15) is 18.0 Å². The van der Waals surface area contributed by atoms with E-state index < -0.39 is 17.8 Å². The van der Waals surface area contributed by atoms with E-state index in [-0.39, 0.29) is 28.8 Å². The van der Waals surface area contributed by atoms with Gasteiger partial charge in [0.2, 0.25) is 0 Å². The van der Waals surface area contributed by atoms with Gasteiger partial charge in [-0.05, 0) is 41.2 Å². The quantitative estimate of drug-likeness (QED) is 0.379. The Balaban J connectivity index is 2.32. The minimum Gasteiger partial charge on any atom is -0.340 e. The van der Waals surface area contributed by atoms with Gasteiger partial charge < -0.3 is 9.47 Å². The molecule has 0 spiro atoms. The zero-order valence-electron chi connectivity index (χ0n) is 19.4. The minimum absolute atomic E-state index is 0.0215. The van der Waals surface area contributed by atoms with Crippen molar-refractivity contribution in [2.45, 2.75) is 40.4 Å². The van der Waals surface area contributed by atoms with Gasteiger partial charge in [0.05, 0.1) is 0 Å². The highest BCUT2D eigenvalue weighted by atomic mass is 35.5. The zero-order valence-corrected chi connectivity index (χ0v) is 20.2. The van der Waals surface area contributed by atoms with Crippen molar-refractivity contribution in [1.29, 1.82) is 0 Å². The molecule has 3 aromatic rings. The van der Waals surface area contributed by atoms with E-state index >= 15 is 0 Å². The molecule has 1 amide bonds. The first-order chi connectivity index (χ1) is 15.3. The van der Waals surface area contributed by atoms with E-state index in [1.165, 1.54) is 11.8 Å². The largest absolute Gasteiger partial charge is 0.431 e. The Morgan fingerprint density at radius 1 is 1.00 bits per heavy atom. The molecule has 0 bridgehead atoms. The van der Waals surface area contributed by atoms with E-state index in [1.54, 1.807) is 61.6 Å². The van der Waals surface area contributed by atoms with Crippen molar-refractivity contribution in [3.63, 3.8) is 0 Å². The normalized spacial score (nSPS) is 12.2. The summed E-state index contributed by atoms with van der Waals surface area (Å²) in [6.07, 6.45) is -4.64. The van der Waals surface area contributed by atoms with Crippen molar-refractivity contribution in [3.05, 3.63) is 82.1 Å². The van der Waals surface area contributed by atoms with Crippen LogP contribution >= 0.6 is 11.6 Å². The van der Waals surface area contributed by atoms with Crippen LogP contribution < -0.4 is 0 Å². The third kappa shape index (κ3) is 5.61. The molecule has 3 rings (SSSR count). The van der Waals surface area contributed by atoms with Crippen LogP contribution in [0.2, 0.25) is 5.02 Å². The van der Waals surface area contributed by atoms with Crippen LogP contribution in [0.5, 0.6) is 0 Å². The average molecular weight is 477 g/mol. The van der Waals surface area contributed by atoms with Gasteiger partial charge in [0, 0.05) is 30.7 Å². The zero-order chi connectivity index (χ0) is 24.6. The SMILES string of the molecule is Cc1c(-c2ccc(Cl)cc2)c(C(=O)N(C)CC(C)(C)C)n(Cc2ccccc2)c1C(F)(F)F. The van der Waals surface area contributed by atoms with Gasteiger partial charge in [-0.25, -0.2) is 0 Å². The van der Waals surface area contributed by atoms with Gasteiger partial charge in [0.15, 0.2) is 0 Å². The lowest BCUT2D eigenvalue weighted by Crippen LogP contribution is -2.36. The smallest absolute Gasteiger partial charge is 0.340 e. The lowest BCUT2D eigenvalue weighted by molar-refractivity contribution is -0.143. The van der Waals surface area contributed by atoms with Gasteiger partial charge in [-0.3, -0.25) is 4.79 Å². The molecule has 0 saturated heterocycles. The number of aromatic nitrogens is 1. The number of hydrogen-bond donors (Lipinski definition) is 0. The summed E-state index contributed by atoms with van der Waals surface area (Å²) in [5.74, 6) is -0.454. The second-order valence-corrected chi connectivity index (χ2v) is 9.93.